The Balaban J connectivity index is 2.10. The third-order valence-electron chi connectivity index (χ3n) is 7.79. The second-order valence-corrected chi connectivity index (χ2v) is 12.8. The molecule has 0 aliphatic rings. The van der Waals surface area contributed by atoms with Gasteiger partial charge in [-0.1, -0.05) is 81.1 Å². The summed E-state index contributed by atoms with van der Waals surface area (Å²) in [5, 5.41) is 5.90. The molecular weight excluding hydrogens is 578 g/mol. The molecule has 8 heteroatoms. The minimum absolute atomic E-state index is 0.241. The molecule has 2 N–H and O–H groups in total. The number of amides is 3. The van der Waals surface area contributed by atoms with Crippen molar-refractivity contribution in [1.29, 1.82) is 0 Å². The average Bonchev–Trinajstić information content (AvgIpc) is 3.00. The van der Waals surface area contributed by atoms with E-state index in [1.54, 1.807) is 57.0 Å². The van der Waals surface area contributed by atoms with Gasteiger partial charge in [0.2, 0.25) is 5.91 Å². The number of nitrogens with zero attached hydrogens (tertiary/aromatic N) is 1. The zero-order chi connectivity index (χ0) is 33.7. The Bertz CT molecular complexity index is 1400. The summed E-state index contributed by atoms with van der Waals surface area (Å²) >= 11 is 0. The molecule has 0 heterocycles. The van der Waals surface area contributed by atoms with Gasteiger partial charge in [0, 0.05) is 18.7 Å². The number of carbonyl (C=O) groups is 3. The average molecular weight is 630 g/mol. The van der Waals surface area contributed by atoms with Crippen LogP contribution in [0.3, 0.4) is 0 Å². The van der Waals surface area contributed by atoms with Gasteiger partial charge < -0.3 is 25.0 Å². The second kappa shape index (κ2) is 17.4. The highest BCUT2D eigenvalue weighted by atomic mass is 16.6. The standard InChI is InChI=1S/C38H51N3O5/c1-8-9-10-11-15-25-41(36(43)32(26-29-19-13-12-14-20-29)40-37(44)46-38(4,5)6)34(33-27(2)17-16-18-28(33)3)35(42)39-30-21-23-31(45-7)24-22-30/h12-14,16-24,32,34H,8-11,15,25-26H2,1-7H3,(H,39,42)(H,40,44). The lowest BCUT2D eigenvalue weighted by Gasteiger charge is -2.36. The summed E-state index contributed by atoms with van der Waals surface area (Å²) in [5.74, 6) is -0.00639. The van der Waals surface area contributed by atoms with E-state index >= 15 is 0 Å². The van der Waals surface area contributed by atoms with Crippen LogP contribution in [0.1, 0.15) is 88.1 Å². The molecule has 0 fully saturated rings. The molecule has 248 valence electrons. The fourth-order valence-electron chi connectivity index (χ4n) is 5.52. The van der Waals surface area contributed by atoms with Crippen molar-refractivity contribution in [1.82, 2.24) is 10.2 Å². The number of aryl methyl sites for hydroxylation is 2. The number of hydrogen-bond acceptors (Lipinski definition) is 5. The number of nitrogens with one attached hydrogen (secondary N) is 2. The van der Waals surface area contributed by atoms with Crippen LogP contribution >= 0.6 is 0 Å². The number of alkyl carbamates (subject to hydrolysis) is 1. The van der Waals surface area contributed by atoms with Crippen LogP contribution in [0.15, 0.2) is 72.8 Å². The van der Waals surface area contributed by atoms with Gasteiger partial charge in [0.05, 0.1) is 7.11 Å². The molecule has 0 aromatic heterocycles. The van der Waals surface area contributed by atoms with E-state index in [-0.39, 0.29) is 18.2 Å². The molecule has 46 heavy (non-hydrogen) atoms. The molecule has 8 nitrogen and oxygen atoms in total. The van der Waals surface area contributed by atoms with Crippen LogP contribution in [0.2, 0.25) is 0 Å². The Kier molecular flexibility index (Phi) is 13.7. The molecule has 0 spiro atoms. The number of rotatable bonds is 15. The van der Waals surface area contributed by atoms with Gasteiger partial charge >= 0.3 is 6.09 Å². The van der Waals surface area contributed by atoms with Crippen LogP contribution in [0, 0.1) is 13.8 Å². The van der Waals surface area contributed by atoms with Crippen molar-refractivity contribution in [3.8, 4) is 5.75 Å². The molecule has 0 aliphatic heterocycles. The Morgan fingerprint density at radius 3 is 2.04 bits per heavy atom. The molecule has 2 atom stereocenters. The first-order valence-corrected chi connectivity index (χ1v) is 16.3. The lowest BCUT2D eigenvalue weighted by atomic mass is 9.92. The summed E-state index contributed by atoms with van der Waals surface area (Å²) in [5.41, 5.74) is 3.29. The molecule has 0 saturated heterocycles. The number of anilines is 1. The fraction of sp³-hybridized carbons (Fsp3) is 0.447. The van der Waals surface area contributed by atoms with E-state index in [2.05, 4.69) is 17.6 Å². The van der Waals surface area contributed by atoms with E-state index in [9.17, 15) is 14.4 Å². The lowest BCUT2D eigenvalue weighted by molar-refractivity contribution is -0.141. The number of ether oxygens (including phenoxy) is 2. The molecule has 3 aromatic rings. The van der Waals surface area contributed by atoms with Gasteiger partial charge in [-0.3, -0.25) is 9.59 Å². The van der Waals surface area contributed by atoms with Gasteiger partial charge in [-0.2, -0.15) is 0 Å². The molecule has 0 aliphatic carbocycles. The summed E-state index contributed by atoms with van der Waals surface area (Å²) in [6, 6.07) is 20.6. The van der Waals surface area contributed by atoms with Crippen molar-refractivity contribution in [3.63, 3.8) is 0 Å². The Morgan fingerprint density at radius 2 is 1.46 bits per heavy atom. The number of unbranched alkanes of at least 4 members (excludes halogenated alkanes) is 4. The number of methoxy groups -OCH3 is 1. The SMILES string of the molecule is CCCCCCCN(C(=O)C(Cc1ccccc1)NC(=O)OC(C)(C)C)C(C(=O)Nc1ccc(OC)cc1)c1c(C)cccc1C. The highest BCUT2D eigenvalue weighted by molar-refractivity contribution is 5.99. The first-order chi connectivity index (χ1) is 21.9. The van der Waals surface area contributed by atoms with Crippen molar-refractivity contribution in [2.75, 3.05) is 19.0 Å². The molecule has 2 unspecified atom stereocenters. The topological polar surface area (TPSA) is 97.0 Å². The van der Waals surface area contributed by atoms with Gasteiger partial charge in [-0.25, -0.2) is 4.79 Å². The van der Waals surface area contributed by atoms with Gasteiger partial charge in [0.25, 0.3) is 5.91 Å². The minimum Gasteiger partial charge on any atom is -0.497 e. The van der Waals surface area contributed by atoms with Crippen LogP contribution in [0.4, 0.5) is 10.5 Å². The van der Waals surface area contributed by atoms with Crippen molar-refractivity contribution < 1.29 is 23.9 Å². The van der Waals surface area contributed by atoms with Crippen molar-refractivity contribution >= 4 is 23.6 Å². The summed E-state index contributed by atoms with van der Waals surface area (Å²) in [6.07, 6.45) is 4.42. The lowest BCUT2D eigenvalue weighted by Crippen LogP contribution is -2.53. The molecule has 0 bridgehead atoms. The second-order valence-electron chi connectivity index (χ2n) is 12.8. The van der Waals surface area contributed by atoms with E-state index in [0.29, 0.717) is 24.4 Å². The summed E-state index contributed by atoms with van der Waals surface area (Å²) < 4.78 is 10.9. The summed E-state index contributed by atoms with van der Waals surface area (Å²) in [4.78, 5) is 44.0. The largest absolute Gasteiger partial charge is 0.497 e. The first-order valence-electron chi connectivity index (χ1n) is 16.3. The zero-order valence-electron chi connectivity index (χ0n) is 28.5. The maximum Gasteiger partial charge on any atom is 0.408 e. The molecule has 0 radical (unpaired) electrons. The van der Waals surface area contributed by atoms with Crippen molar-refractivity contribution in [2.45, 2.75) is 97.8 Å². The monoisotopic (exact) mass is 629 g/mol. The Hall–Kier alpha value is -4.33. The van der Waals surface area contributed by atoms with E-state index < -0.39 is 23.8 Å². The Morgan fingerprint density at radius 1 is 0.826 bits per heavy atom. The molecule has 3 rings (SSSR count). The summed E-state index contributed by atoms with van der Waals surface area (Å²) in [7, 11) is 1.59. The third kappa shape index (κ3) is 10.9. The van der Waals surface area contributed by atoms with Crippen LogP contribution in [0.5, 0.6) is 5.75 Å². The molecular formula is C38H51N3O5. The van der Waals surface area contributed by atoms with Crippen LogP contribution in [-0.2, 0) is 20.7 Å². The van der Waals surface area contributed by atoms with Crippen molar-refractivity contribution in [3.05, 3.63) is 95.1 Å². The highest BCUT2D eigenvalue weighted by Crippen LogP contribution is 2.31. The van der Waals surface area contributed by atoms with Crippen molar-refractivity contribution in [2.24, 2.45) is 0 Å². The third-order valence-corrected chi connectivity index (χ3v) is 7.79. The smallest absolute Gasteiger partial charge is 0.408 e. The minimum atomic E-state index is -0.964. The van der Waals surface area contributed by atoms with Gasteiger partial charge in [0.15, 0.2) is 0 Å². The van der Waals surface area contributed by atoms with E-state index in [1.165, 1.54) is 0 Å². The quantitative estimate of drug-likeness (QED) is 0.167. The van der Waals surface area contributed by atoms with E-state index in [1.807, 2.05) is 62.4 Å². The number of benzene rings is 3. The molecule has 3 aromatic carbocycles. The maximum atomic E-state index is 14.8. The zero-order valence-corrected chi connectivity index (χ0v) is 28.5. The number of hydrogen-bond donors (Lipinski definition) is 2. The maximum absolute atomic E-state index is 14.8. The van der Waals surface area contributed by atoms with Crippen LogP contribution in [0.25, 0.3) is 0 Å². The molecule has 3 amide bonds. The van der Waals surface area contributed by atoms with E-state index in [0.717, 1.165) is 47.9 Å². The van der Waals surface area contributed by atoms with Crippen LogP contribution in [-0.4, -0.2) is 48.1 Å². The fourth-order valence-corrected chi connectivity index (χ4v) is 5.52. The first kappa shape index (κ1) is 36.1. The van der Waals surface area contributed by atoms with Crippen LogP contribution < -0.4 is 15.4 Å². The van der Waals surface area contributed by atoms with Gasteiger partial charge in [0.1, 0.15) is 23.4 Å². The Labute approximate surface area is 274 Å². The normalized spacial score (nSPS) is 12.5. The van der Waals surface area contributed by atoms with Gasteiger partial charge in [-0.15, -0.1) is 0 Å². The highest BCUT2D eigenvalue weighted by Gasteiger charge is 2.37. The van der Waals surface area contributed by atoms with E-state index in [4.69, 9.17) is 9.47 Å². The number of carbonyl (C=O) groups excluding carboxylic acids is 3. The predicted molar refractivity (Wildman–Crippen MR) is 184 cm³/mol. The molecule has 0 saturated carbocycles. The predicted octanol–water partition coefficient (Wildman–Crippen LogP) is 7.93. The van der Waals surface area contributed by atoms with Gasteiger partial charge in [-0.05, 0) is 87.6 Å². The summed E-state index contributed by atoms with van der Waals surface area (Å²) in [6.45, 7) is 11.8.